The second kappa shape index (κ2) is 6.35. The zero-order valence-electron chi connectivity index (χ0n) is 11.5. The number of nitro benzene ring substituents is 1. The van der Waals surface area contributed by atoms with E-state index in [1.807, 2.05) is 6.07 Å². The minimum absolute atomic E-state index is 0.150. The number of phenols is 1. The van der Waals surface area contributed by atoms with E-state index in [9.17, 15) is 15.2 Å². The van der Waals surface area contributed by atoms with Crippen molar-refractivity contribution in [1.29, 1.82) is 5.26 Å². The summed E-state index contributed by atoms with van der Waals surface area (Å²) in [5.74, 6) is -0.401. The number of phenolic OH excluding ortho intramolecular Hbond substituents is 1. The fraction of sp³-hybridized carbons (Fsp3) is 0.357. The maximum atomic E-state index is 11.0. The number of benzene rings is 1. The van der Waals surface area contributed by atoms with Crippen LogP contribution in [0.3, 0.4) is 0 Å². The van der Waals surface area contributed by atoms with Crippen molar-refractivity contribution in [1.82, 2.24) is 10.2 Å². The summed E-state index contributed by atoms with van der Waals surface area (Å²) in [6.07, 6.45) is 1.63. The van der Waals surface area contributed by atoms with Crippen LogP contribution in [-0.4, -0.2) is 41.1 Å². The Balaban J connectivity index is 2.49. The van der Waals surface area contributed by atoms with E-state index in [-0.39, 0.29) is 11.6 Å². The number of piperazine rings is 1. The summed E-state index contributed by atoms with van der Waals surface area (Å²) in [5, 5.41) is 33.4. The number of nitrogens with zero attached hydrogens (tertiary/aromatic N) is 3. The third-order valence-corrected chi connectivity index (χ3v) is 3.53. The minimum Gasteiger partial charge on any atom is -0.502 e. The van der Waals surface area contributed by atoms with Gasteiger partial charge in [-0.2, -0.15) is 5.26 Å². The molecule has 0 aromatic heterocycles. The first-order valence-corrected chi connectivity index (χ1v) is 6.57. The molecular formula is C14H16N4O3. The van der Waals surface area contributed by atoms with Gasteiger partial charge < -0.3 is 10.4 Å². The fourth-order valence-electron chi connectivity index (χ4n) is 2.50. The second-order valence-electron chi connectivity index (χ2n) is 4.77. The Morgan fingerprint density at radius 3 is 2.71 bits per heavy atom. The highest BCUT2D eigenvalue weighted by Crippen LogP contribution is 2.37. The minimum atomic E-state index is -0.683. The van der Waals surface area contributed by atoms with Gasteiger partial charge in [-0.25, -0.2) is 0 Å². The Labute approximate surface area is 122 Å². The molecule has 1 heterocycles. The number of hydrogen-bond donors (Lipinski definition) is 2. The normalized spacial score (nSPS) is 16.9. The average Bonchev–Trinajstić information content (AvgIpc) is 2.50. The summed E-state index contributed by atoms with van der Waals surface area (Å²) in [4.78, 5) is 12.4. The number of nitrogens with one attached hydrogen (secondary N) is 1. The van der Waals surface area contributed by atoms with Crippen molar-refractivity contribution >= 4 is 5.69 Å². The van der Waals surface area contributed by atoms with Crippen LogP contribution >= 0.6 is 0 Å². The molecule has 7 nitrogen and oxygen atoms in total. The van der Waals surface area contributed by atoms with Crippen LogP contribution in [0.15, 0.2) is 24.8 Å². The van der Waals surface area contributed by atoms with E-state index in [2.05, 4.69) is 16.8 Å². The third kappa shape index (κ3) is 3.02. The van der Waals surface area contributed by atoms with Gasteiger partial charge in [-0.05, 0) is 6.07 Å². The molecule has 0 amide bonds. The molecule has 1 atom stereocenters. The maximum Gasteiger partial charge on any atom is 0.312 e. The van der Waals surface area contributed by atoms with Crippen molar-refractivity contribution in [2.45, 2.75) is 6.04 Å². The van der Waals surface area contributed by atoms with Crippen molar-refractivity contribution in [2.24, 2.45) is 0 Å². The highest BCUT2D eigenvalue weighted by molar-refractivity contribution is 5.57. The predicted octanol–water partition coefficient (Wildman–Crippen LogP) is 1.30. The lowest BCUT2D eigenvalue weighted by molar-refractivity contribution is -0.386. The highest BCUT2D eigenvalue weighted by Gasteiger charge is 2.27. The Bertz CT molecular complexity index is 603. The molecule has 1 fully saturated rings. The molecule has 1 aliphatic heterocycles. The second-order valence-corrected chi connectivity index (χ2v) is 4.77. The lowest BCUT2D eigenvalue weighted by Crippen LogP contribution is -2.44. The Hall–Kier alpha value is -2.43. The van der Waals surface area contributed by atoms with E-state index in [1.165, 1.54) is 6.07 Å². The topological polar surface area (TPSA) is 102 Å². The number of nitriles is 1. The molecule has 110 valence electrons. The van der Waals surface area contributed by atoms with Crippen LogP contribution in [0.1, 0.15) is 17.2 Å². The van der Waals surface area contributed by atoms with Crippen LogP contribution in [-0.2, 0) is 0 Å². The Morgan fingerprint density at radius 1 is 1.52 bits per heavy atom. The molecule has 2 N–H and O–H groups in total. The lowest BCUT2D eigenvalue weighted by Gasteiger charge is -2.33. The lowest BCUT2D eigenvalue weighted by atomic mass is 9.99. The van der Waals surface area contributed by atoms with Crippen LogP contribution in [0.25, 0.3) is 0 Å². The molecule has 7 heteroatoms. The number of rotatable bonds is 4. The number of nitro groups is 1. The van der Waals surface area contributed by atoms with Crippen LogP contribution in [0, 0.1) is 21.4 Å². The summed E-state index contributed by atoms with van der Waals surface area (Å²) >= 11 is 0. The van der Waals surface area contributed by atoms with Crippen LogP contribution in [0.2, 0.25) is 0 Å². The van der Waals surface area contributed by atoms with Crippen molar-refractivity contribution < 1.29 is 10.0 Å². The van der Waals surface area contributed by atoms with Crippen LogP contribution < -0.4 is 5.32 Å². The maximum absolute atomic E-state index is 11.0. The van der Waals surface area contributed by atoms with Gasteiger partial charge in [-0.15, -0.1) is 6.58 Å². The largest absolute Gasteiger partial charge is 0.502 e. The van der Waals surface area contributed by atoms with Gasteiger partial charge in [0.05, 0.1) is 22.6 Å². The van der Waals surface area contributed by atoms with Gasteiger partial charge in [0.2, 0.25) is 0 Å². The molecule has 1 aliphatic rings. The summed E-state index contributed by atoms with van der Waals surface area (Å²) in [6, 6.07) is 4.09. The monoisotopic (exact) mass is 288 g/mol. The molecular weight excluding hydrogens is 272 g/mol. The van der Waals surface area contributed by atoms with Gasteiger partial charge in [0.15, 0.2) is 5.75 Å². The molecule has 1 saturated heterocycles. The van der Waals surface area contributed by atoms with Crippen LogP contribution in [0.5, 0.6) is 5.75 Å². The smallest absolute Gasteiger partial charge is 0.312 e. The molecule has 1 aromatic carbocycles. The van der Waals surface area contributed by atoms with Gasteiger partial charge in [0.25, 0.3) is 0 Å². The van der Waals surface area contributed by atoms with E-state index < -0.39 is 16.4 Å². The summed E-state index contributed by atoms with van der Waals surface area (Å²) in [7, 11) is 0. The fourth-order valence-corrected chi connectivity index (χ4v) is 2.50. The summed E-state index contributed by atoms with van der Waals surface area (Å²) < 4.78 is 0. The van der Waals surface area contributed by atoms with E-state index in [1.54, 1.807) is 6.08 Å². The van der Waals surface area contributed by atoms with Crippen molar-refractivity contribution in [3.05, 3.63) is 46.0 Å². The number of aromatic hydroxyl groups is 1. The number of hydrogen-bond acceptors (Lipinski definition) is 6. The third-order valence-electron chi connectivity index (χ3n) is 3.53. The predicted molar refractivity (Wildman–Crippen MR) is 76.9 cm³/mol. The summed E-state index contributed by atoms with van der Waals surface area (Å²) in [5.41, 5.74) is 0.0418. The molecule has 0 bridgehead atoms. The molecule has 1 aromatic rings. The molecule has 0 spiro atoms. The van der Waals surface area contributed by atoms with E-state index in [4.69, 9.17) is 5.26 Å². The van der Waals surface area contributed by atoms with Gasteiger partial charge in [0, 0.05) is 37.8 Å². The zero-order chi connectivity index (χ0) is 15.4. The van der Waals surface area contributed by atoms with Crippen molar-refractivity contribution in [3.8, 4) is 11.8 Å². The first-order valence-electron chi connectivity index (χ1n) is 6.57. The first kappa shape index (κ1) is 15.0. The van der Waals surface area contributed by atoms with Crippen molar-refractivity contribution in [3.63, 3.8) is 0 Å². The molecule has 0 radical (unpaired) electrons. The quantitative estimate of drug-likeness (QED) is 0.492. The standard InChI is InChI=1S/C14H16N4O3/c1-2-12(17-5-3-16-4-6-17)11-7-10(9-15)8-13(14(11)19)18(20)21/h2,7-8,12,16,19H,1,3-6H2/t12-/m1/s1. The van der Waals surface area contributed by atoms with E-state index in [0.29, 0.717) is 5.56 Å². The molecule has 0 saturated carbocycles. The highest BCUT2D eigenvalue weighted by atomic mass is 16.6. The van der Waals surface area contributed by atoms with Crippen molar-refractivity contribution in [2.75, 3.05) is 26.2 Å². The zero-order valence-corrected chi connectivity index (χ0v) is 11.5. The van der Waals surface area contributed by atoms with Gasteiger partial charge in [0.1, 0.15) is 0 Å². The average molecular weight is 288 g/mol. The Kier molecular flexibility index (Phi) is 4.52. The van der Waals surface area contributed by atoms with E-state index >= 15 is 0 Å². The van der Waals surface area contributed by atoms with Gasteiger partial charge in [-0.1, -0.05) is 6.08 Å². The summed E-state index contributed by atoms with van der Waals surface area (Å²) in [6.45, 7) is 6.82. The van der Waals surface area contributed by atoms with Gasteiger partial charge >= 0.3 is 5.69 Å². The van der Waals surface area contributed by atoms with E-state index in [0.717, 1.165) is 32.2 Å². The molecule has 0 unspecified atom stereocenters. The molecule has 0 aliphatic carbocycles. The van der Waals surface area contributed by atoms with Gasteiger partial charge in [-0.3, -0.25) is 15.0 Å². The molecule has 2 rings (SSSR count). The molecule has 21 heavy (non-hydrogen) atoms. The Morgan fingerprint density at radius 2 is 2.19 bits per heavy atom. The first-order chi connectivity index (χ1) is 10.1. The van der Waals surface area contributed by atoms with Crippen LogP contribution in [0.4, 0.5) is 5.69 Å². The SMILES string of the molecule is C=C[C@H](c1cc(C#N)cc([N+](=O)[O-])c1O)N1CCNCC1.